The van der Waals surface area contributed by atoms with Crippen LogP contribution in [0.25, 0.3) is 6.08 Å². The van der Waals surface area contributed by atoms with Crippen LogP contribution in [-0.2, 0) is 9.59 Å². The van der Waals surface area contributed by atoms with Crippen molar-refractivity contribution < 1.29 is 19.8 Å². The van der Waals surface area contributed by atoms with Crippen molar-refractivity contribution in [1.82, 2.24) is 4.90 Å². The van der Waals surface area contributed by atoms with Gasteiger partial charge < -0.3 is 10.2 Å². The topological polar surface area (TPSA) is 77.8 Å². The largest absolute Gasteiger partial charge is 0.508 e. The van der Waals surface area contributed by atoms with Crippen LogP contribution in [0, 0.1) is 0 Å². The second kappa shape index (κ2) is 6.06. The Hall–Kier alpha value is -1.86. The lowest BCUT2D eigenvalue weighted by Gasteiger charge is -2.12. The van der Waals surface area contributed by atoms with Crippen molar-refractivity contribution in [2.24, 2.45) is 0 Å². The Labute approximate surface area is 124 Å². The zero-order chi connectivity index (χ0) is 14.7. The van der Waals surface area contributed by atoms with E-state index in [1.54, 1.807) is 18.2 Å². The number of aliphatic carboxylic acids is 1. The molecule has 1 saturated heterocycles. The predicted molar refractivity (Wildman–Crippen MR) is 80.2 cm³/mol. The third-order valence-corrected chi connectivity index (χ3v) is 3.97. The minimum atomic E-state index is -0.976. The predicted octanol–water partition coefficient (Wildman–Crippen LogP) is 2.07. The Morgan fingerprint density at radius 3 is 2.85 bits per heavy atom. The van der Waals surface area contributed by atoms with E-state index in [2.05, 4.69) is 0 Å². The fourth-order valence-electron chi connectivity index (χ4n) is 1.67. The smallest absolute Gasteiger partial charge is 0.305 e. The molecule has 0 aromatic heterocycles. The molecule has 0 bridgehead atoms. The van der Waals surface area contributed by atoms with Gasteiger partial charge in [0.15, 0.2) is 0 Å². The highest BCUT2D eigenvalue weighted by molar-refractivity contribution is 8.26. The first kappa shape index (κ1) is 14.5. The molecule has 1 amide bonds. The second-order valence-corrected chi connectivity index (χ2v) is 5.75. The first-order valence-corrected chi connectivity index (χ1v) is 6.96. The van der Waals surface area contributed by atoms with Gasteiger partial charge in [-0.05, 0) is 23.8 Å². The molecule has 2 N–H and O–H groups in total. The maximum absolute atomic E-state index is 12.1. The van der Waals surface area contributed by atoms with Crippen LogP contribution in [0.3, 0.4) is 0 Å². The van der Waals surface area contributed by atoms with Crippen LogP contribution in [0.2, 0.25) is 0 Å². The molecule has 7 heteroatoms. The minimum absolute atomic E-state index is 0.0668. The molecule has 0 radical (unpaired) electrons. The molecule has 2 rings (SSSR count). The van der Waals surface area contributed by atoms with Gasteiger partial charge >= 0.3 is 5.97 Å². The van der Waals surface area contributed by atoms with Crippen molar-refractivity contribution in [2.45, 2.75) is 6.42 Å². The number of amides is 1. The van der Waals surface area contributed by atoms with Crippen molar-refractivity contribution >= 4 is 46.3 Å². The zero-order valence-electron chi connectivity index (χ0n) is 10.3. The summed E-state index contributed by atoms with van der Waals surface area (Å²) in [4.78, 5) is 24.4. The summed E-state index contributed by atoms with van der Waals surface area (Å²) in [5, 5.41) is 18.0. The van der Waals surface area contributed by atoms with E-state index in [4.69, 9.17) is 17.3 Å². The minimum Gasteiger partial charge on any atom is -0.508 e. The summed E-state index contributed by atoms with van der Waals surface area (Å²) in [7, 11) is 0. The molecule has 0 aliphatic carbocycles. The number of thioether (sulfide) groups is 1. The zero-order valence-corrected chi connectivity index (χ0v) is 11.9. The number of hydrogen-bond acceptors (Lipinski definition) is 5. The molecule has 0 atom stereocenters. The fourth-order valence-corrected chi connectivity index (χ4v) is 2.97. The van der Waals surface area contributed by atoms with Crippen molar-refractivity contribution in [3.8, 4) is 5.75 Å². The number of carboxylic acid groups (broad SMARTS) is 1. The van der Waals surface area contributed by atoms with Crippen molar-refractivity contribution in [3.63, 3.8) is 0 Å². The summed E-state index contributed by atoms with van der Waals surface area (Å²) in [5.74, 6) is -1.17. The first-order valence-electron chi connectivity index (χ1n) is 5.73. The summed E-state index contributed by atoms with van der Waals surface area (Å²) in [6, 6.07) is 6.50. The Morgan fingerprint density at radius 1 is 1.45 bits per heavy atom. The summed E-state index contributed by atoms with van der Waals surface area (Å²) < 4.78 is 0.350. The van der Waals surface area contributed by atoms with Crippen LogP contribution in [-0.4, -0.2) is 37.9 Å². The van der Waals surface area contributed by atoms with E-state index in [9.17, 15) is 14.7 Å². The second-order valence-electron chi connectivity index (χ2n) is 4.07. The lowest BCUT2D eigenvalue weighted by Crippen LogP contribution is -2.30. The Bertz CT molecular complexity index is 612. The molecule has 1 aromatic rings. The van der Waals surface area contributed by atoms with E-state index in [0.29, 0.717) is 14.8 Å². The highest BCUT2D eigenvalue weighted by Gasteiger charge is 2.31. The third kappa shape index (κ3) is 3.37. The summed E-state index contributed by atoms with van der Waals surface area (Å²) in [5.41, 5.74) is 0.684. The number of phenolic OH excluding ortho intramolecular Hbond substituents is 1. The number of nitrogens with zero attached hydrogens (tertiary/aromatic N) is 1. The van der Waals surface area contributed by atoms with Gasteiger partial charge in [-0.1, -0.05) is 36.1 Å². The molecule has 1 heterocycles. The van der Waals surface area contributed by atoms with E-state index < -0.39 is 5.97 Å². The number of benzene rings is 1. The average Bonchev–Trinajstić information content (AvgIpc) is 2.62. The van der Waals surface area contributed by atoms with E-state index in [-0.39, 0.29) is 24.6 Å². The van der Waals surface area contributed by atoms with Gasteiger partial charge in [0.2, 0.25) is 0 Å². The van der Waals surface area contributed by atoms with Crippen molar-refractivity contribution in [2.75, 3.05) is 6.54 Å². The Morgan fingerprint density at radius 2 is 2.20 bits per heavy atom. The van der Waals surface area contributed by atoms with E-state index >= 15 is 0 Å². The van der Waals surface area contributed by atoms with Crippen molar-refractivity contribution in [1.29, 1.82) is 0 Å². The number of aromatic hydroxyl groups is 1. The molecule has 5 nitrogen and oxygen atoms in total. The van der Waals surface area contributed by atoms with Gasteiger partial charge in [-0.25, -0.2) is 0 Å². The molecule has 0 unspecified atom stereocenters. The van der Waals surface area contributed by atoms with Gasteiger partial charge in [-0.15, -0.1) is 0 Å². The average molecular weight is 309 g/mol. The highest BCUT2D eigenvalue weighted by atomic mass is 32.2. The molecular formula is C13H11NO4S2. The van der Waals surface area contributed by atoms with Crippen LogP contribution in [0.5, 0.6) is 5.75 Å². The Kier molecular flexibility index (Phi) is 4.41. The number of phenols is 1. The van der Waals surface area contributed by atoms with Gasteiger partial charge in [0.1, 0.15) is 10.1 Å². The van der Waals surface area contributed by atoms with Crippen LogP contribution >= 0.6 is 24.0 Å². The van der Waals surface area contributed by atoms with Gasteiger partial charge in [0.05, 0.1) is 11.3 Å². The van der Waals surface area contributed by atoms with Gasteiger partial charge in [-0.2, -0.15) is 0 Å². The summed E-state index contributed by atoms with van der Waals surface area (Å²) in [6.07, 6.45) is 1.48. The molecule has 20 heavy (non-hydrogen) atoms. The number of thiocarbonyl (C=S) groups is 1. The van der Waals surface area contributed by atoms with E-state index in [1.165, 1.54) is 17.0 Å². The maximum Gasteiger partial charge on any atom is 0.305 e. The van der Waals surface area contributed by atoms with Gasteiger partial charge in [-0.3, -0.25) is 14.5 Å². The fraction of sp³-hybridized carbons (Fsp3) is 0.154. The molecule has 1 aromatic carbocycles. The normalized spacial score (nSPS) is 17.0. The molecule has 1 fully saturated rings. The van der Waals surface area contributed by atoms with Crippen LogP contribution < -0.4 is 0 Å². The van der Waals surface area contributed by atoms with Crippen LogP contribution in [0.15, 0.2) is 29.2 Å². The lowest BCUT2D eigenvalue weighted by atomic mass is 10.2. The molecular weight excluding hydrogens is 298 g/mol. The molecule has 104 valence electrons. The SMILES string of the molecule is O=C(O)CCN1C(=O)C(=Cc2cccc(O)c2)SC1=S. The number of carbonyl (C=O) groups excluding carboxylic acids is 1. The molecule has 0 saturated carbocycles. The first-order chi connectivity index (χ1) is 9.47. The maximum atomic E-state index is 12.1. The number of hydrogen-bond donors (Lipinski definition) is 2. The van der Waals surface area contributed by atoms with Crippen molar-refractivity contribution in [3.05, 3.63) is 34.7 Å². The Balaban J connectivity index is 2.17. The van der Waals surface area contributed by atoms with Crippen LogP contribution in [0.4, 0.5) is 0 Å². The van der Waals surface area contributed by atoms with E-state index in [0.717, 1.165) is 11.8 Å². The highest BCUT2D eigenvalue weighted by Crippen LogP contribution is 2.32. The number of carboxylic acids is 1. The molecule has 0 spiro atoms. The summed E-state index contributed by atoms with van der Waals surface area (Å²) >= 11 is 6.20. The quantitative estimate of drug-likeness (QED) is 0.655. The van der Waals surface area contributed by atoms with Crippen LogP contribution in [0.1, 0.15) is 12.0 Å². The van der Waals surface area contributed by atoms with Gasteiger partial charge in [0.25, 0.3) is 5.91 Å². The van der Waals surface area contributed by atoms with Gasteiger partial charge in [0, 0.05) is 6.54 Å². The number of carbonyl (C=O) groups is 2. The monoisotopic (exact) mass is 309 g/mol. The molecule has 1 aliphatic rings. The lowest BCUT2D eigenvalue weighted by molar-refractivity contribution is -0.137. The van der Waals surface area contributed by atoms with E-state index in [1.807, 2.05) is 0 Å². The third-order valence-electron chi connectivity index (χ3n) is 2.59. The number of rotatable bonds is 4. The molecule has 1 aliphatic heterocycles. The standard InChI is InChI=1S/C13H11NO4S2/c15-9-3-1-2-8(6-9)7-10-12(18)14(13(19)20-10)5-4-11(16)17/h1-3,6-7,15H,4-5H2,(H,16,17). The summed E-state index contributed by atoms with van der Waals surface area (Å²) in [6.45, 7) is 0.0668.